The second-order valence-corrected chi connectivity index (χ2v) is 4.71. The Balaban J connectivity index is 1.87. The van der Waals surface area contributed by atoms with Crippen molar-refractivity contribution >= 4 is 11.8 Å². The molecule has 0 unspecified atom stereocenters. The fourth-order valence-corrected chi connectivity index (χ4v) is 2.15. The van der Waals surface area contributed by atoms with Crippen LogP contribution < -0.4 is 11.1 Å². The van der Waals surface area contributed by atoms with E-state index in [0.29, 0.717) is 44.2 Å². The fourth-order valence-electron chi connectivity index (χ4n) is 2.15. The summed E-state index contributed by atoms with van der Waals surface area (Å²) in [5, 5.41) is 2.59. The molecule has 2 heterocycles. The number of carbonyl (C=O) groups excluding carboxylic acids is 2. The van der Waals surface area contributed by atoms with Crippen LogP contribution in [0.1, 0.15) is 16.3 Å². The number of carbonyl (C=O) groups is 2. The summed E-state index contributed by atoms with van der Waals surface area (Å²) in [7, 11) is 1.62. The summed E-state index contributed by atoms with van der Waals surface area (Å²) in [6, 6.07) is 3.37. The van der Waals surface area contributed by atoms with Gasteiger partial charge in [-0.05, 0) is 12.1 Å². The number of piperazine rings is 1. The molecule has 110 valence electrons. The minimum Gasteiger partial charge on any atom is -0.455 e. The Morgan fingerprint density at radius 3 is 2.55 bits per heavy atom. The third kappa shape index (κ3) is 3.37. The predicted octanol–water partition coefficient (Wildman–Crippen LogP) is -0.758. The van der Waals surface area contributed by atoms with E-state index in [0.717, 1.165) is 0 Å². The summed E-state index contributed by atoms with van der Waals surface area (Å²) in [5.41, 5.74) is 5.46. The molecular formula is C13H20N4O3. The van der Waals surface area contributed by atoms with Gasteiger partial charge in [0.15, 0.2) is 5.76 Å². The van der Waals surface area contributed by atoms with Gasteiger partial charge in [-0.25, -0.2) is 0 Å². The highest BCUT2D eigenvalue weighted by Gasteiger charge is 2.24. The van der Waals surface area contributed by atoms with Crippen molar-refractivity contribution in [1.82, 2.24) is 15.1 Å². The Hall–Kier alpha value is -1.86. The van der Waals surface area contributed by atoms with Crippen LogP contribution in [0.5, 0.6) is 0 Å². The molecule has 0 saturated carbocycles. The SMILES string of the molecule is CNC(=O)CN1CCN(C(=O)c2ccc(CN)o2)CC1. The Morgan fingerprint density at radius 1 is 1.30 bits per heavy atom. The Morgan fingerprint density at radius 2 is 2.00 bits per heavy atom. The van der Waals surface area contributed by atoms with Gasteiger partial charge in [0.25, 0.3) is 5.91 Å². The molecule has 2 rings (SSSR count). The molecule has 1 saturated heterocycles. The van der Waals surface area contributed by atoms with Gasteiger partial charge in [0.1, 0.15) is 5.76 Å². The van der Waals surface area contributed by atoms with E-state index >= 15 is 0 Å². The monoisotopic (exact) mass is 280 g/mol. The van der Waals surface area contributed by atoms with Gasteiger partial charge in [-0.1, -0.05) is 0 Å². The molecule has 1 fully saturated rings. The zero-order valence-electron chi connectivity index (χ0n) is 11.6. The zero-order valence-corrected chi connectivity index (χ0v) is 11.6. The van der Waals surface area contributed by atoms with Crippen molar-refractivity contribution in [3.63, 3.8) is 0 Å². The molecule has 1 aromatic heterocycles. The molecule has 20 heavy (non-hydrogen) atoms. The maximum Gasteiger partial charge on any atom is 0.289 e. The third-order valence-electron chi connectivity index (χ3n) is 3.38. The summed E-state index contributed by atoms with van der Waals surface area (Å²) >= 11 is 0. The van der Waals surface area contributed by atoms with Crippen molar-refractivity contribution in [3.05, 3.63) is 23.7 Å². The number of furan rings is 1. The van der Waals surface area contributed by atoms with Crippen LogP contribution in [-0.2, 0) is 11.3 Å². The van der Waals surface area contributed by atoms with Crippen LogP contribution >= 0.6 is 0 Å². The largest absolute Gasteiger partial charge is 0.455 e. The lowest BCUT2D eigenvalue weighted by molar-refractivity contribution is -0.122. The highest BCUT2D eigenvalue weighted by atomic mass is 16.4. The molecule has 1 aliphatic heterocycles. The van der Waals surface area contributed by atoms with Crippen LogP contribution in [0, 0.1) is 0 Å². The fraction of sp³-hybridized carbons (Fsp3) is 0.538. The van der Waals surface area contributed by atoms with Crippen molar-refractivity contribution in [3.8, 4) is 0 Å². The number of nitrogens with two attached hydrogens (primary N) is 1. The lowest BCUT2D eigenvalue weighted by atomic mass is 10.3. The van der Waals surface area contributed by atoms with E-state index in [1.54, 1.807) is 24.1 Å². The van der Waals surface area contributed by atoms with Crippen molar-refractivity contribution in [1.29, 1.82) is 0 Å². The van der Waals surface area contributed by atoms with Gasteiger partial charge in [0, 0.05) is 33.2 Å². The van der Waals surface area contributed by atoms with Gasteiger partial charge in [0.2, 0.25) is 5.91 Å². The predicted molar refractivity (Wildman–Crippen MR) is 73.0 cm³/mol. The van der Waals surface area contributed by atoms with Crippen LogP contribution in [0.3, 0.4) is 0 Å². The van der Waals surface area contributed by atoms with E-state index in [2.05, 4.69) is 5.32 Å². The highest BCUT2D eigenvalue weighted by Crippen LogP contribution is 2.12. The van der Waals surface area contributed by atoms with Gasteiger partial charge in [-0.15, -0.1) is 0 Å². The number of hydrogen-bond donors (Lipinski definition) is 2. The Labute approximate surface area is 117 Å². The van der Waals surface area contributed by atoms with Gasteiger partial charge in [-0.2, -0.15) is 0 Å². The summed E-state index contributed by atoms with van der Waals surface area (Å²) in [6.45, 7) is 3.21. The summed E-state index contributed by atoms with van der Waals surface area (Å²) in [4.78, 5) is 27.3. The van der Waals surface area contributed by atoms with E-state index < -0.39 is 0 Å². The minimum atomic E-state index is -0.121. The van der Waals surface area contributed by atoms with Gasteiger partial charge >= 0.3 is 0 Å². The first-order valence-electron chi connectivity index (χ1n) is 6.65. The lowest BCUT2D eigenvalue weighted by Crippen LogP contribution is -2.50. The molecule has 0 radical (unpaired) electrons. The van der Waals surface area contributed by atoms with E-state index in [9.17, 15) is 9.59 Å². The summed E-state index contributed by atoms with van der Waals surface area (Å²) in [6.07, 6.45) is 0. The number of hydrogen-bond acceptors (Lipinski definition) is 5. The zero-order chi connectivity index (χ0) is 14.5. The van der Waals surface area contributed by atoms with Crippen molar-refractivity contribution in [2.75, 3.05) is 39.8 Å². The molecule has 1 aliphatic rings. The van der Waals surface area contributed by atoms with Gasteiger partial charge < -0.3 is 20.4 Å². The number of likely N-dealkylation sites (N-methyl/N-ethyl adjacent to an activating group) is 1. The van der Waals surface area contributed by atoms with Gasteiger partial charge in [-0.3, -0.25) is 14.5 Å². The number of amides is 2. The summed E-state index contributed by atoms with van der Waals surface area (Å²) in [5.74, 6) is 0.796. The van der Waals surface area contributed by atoms with Crippen LogP contribution in [0.4, 0.5) is 0 Å². The number of nitrogens with zero attached hydrogens (tertiary/aromatic N) is 2. The second kappa shape index (κ2) is 6.53. The molecule has 7 heteroatoms. The molecular weight excluding hydrogens is 260 g/mol. The van der Waals surface area contributed by atoms with Crippen LogP contribution in [0.15, 0.2) is 16.5 Å². The first-order valence-corrected chi connectivity index (χ1v) is 6.65. The molecule has 3 N–H and O–H groups in total. The normalized spacial score (nSPS) is 16.2. The quantitative estimate of drug-likeness (QED) is 0.756. The first kappa shape index (κ1) is 14.5. The number of nitrogens with one attached hydrogen (secondary N) is 1. The van der Waals surface area contributed by atoms with Crippen LogP contribution in [0.25, 0.3) is 0 Å². The molecule has 0 spiro atoms. The maximum absolute atomic E-state index is 12.2. The van der Waals surface area contributed by atoms with E-state index in [1.165, 1.54) is 0 Å². The maximum atomic E-state index is 12.2. The first-order chi connectivity index (χ1) is 9.63. The molecule has 1 aromatic rings. The lowest BCUT2D eigenvalue weighted by Gasteiger charge is -2.33. The topological polar surface area (TPSA) is 91.8 Å². The Kier molecular flexibility index (Phi) is 4.75. The number of rotatable bonds is 4. The minimum absolute atomic E-state index is 0.0107. The van der Waals surface area contributed by atoms with Gasteiger partial charge in [0.05, 0.1) is 13.1 Å². The average molecular weight is 280 g/mol. The second-order valence-electron chi connectivity index (χ2n) is 4.71. The van der Waals surface area contributed by atoms with Crippen LogP contribution in [-0.4, -0.2) is 61.4 Å². The van der Waals surface area contributed by atoms with Crippen molar-refractivity contribution in [2.45, 2.75) is 6.54 Å². The molecule has 7 nitrogen and oxygen atoms in total. The average Bonchev–Trinajstić information content (AvgIpc) is 2.96. The highest BCUT2D eigenvalue weighted by molar-refractivity contribution is 5.91. The summed E-state index contributed by atoms with van der Waals surface area (Å²) < 4.78 is 5.36. The van der Waals surface area contributed by atoms with Crippen molar-refractivity contribution < 1.29 is 14.0 Å². The Bertz CT molecular complexity index is 478. The molecule has 0 bridgehead atoms. The standard InChI is InChI=1S/C13H20N4O3/c1-15-12(18)9-16-4-6-17(7-5-16)13(19)11-3-2-10(8-14)20-11/h2-3H,4-9,14H2,1H3,(H,15,18). The molecule has 0 atom stereocenters. The molecule has 2 amide bonds. The van der Waals surface area contributed by atoms with E-state index in [-0.39, 0.29) is 18.4 Å². The van der Waals surface area contributed by atoms with Crippen LogP contribution in [0.2, 0.25) is 0 Å². The molecule has 0 aromatic carbocycles. The smallest absolute Gasteiger partial charge is 0.289 e. The van der Waals surface area contributed by atoms with Crippen molar-refractivity contribution in [2.24, 2.45) is 5.73 Å². The molecule has 0 aliphatic carbocycles. The third-order valence-corrected chi connectivity index (χ3v) is 3.38. The van der Waals surface area contributed by atoms with E-state index in [4.69, 9.17) is 10.2 Å². The van der Waals surface area contributed by atoms with E-state index in [1.807, 2.05) is 4.90 Å².